The van der Waals surface area contributed by atoms with Crippen molar-refractivity contribution in [1.82, 2.24) is 0 Å². The molecule has 1 atom stereocenters. The van der Waals surface area contributed by atoms with E-state index in [0.29, 0.717) is 0 Å². The summed E-state index contributed by atoms with van der Waals surface area (Å²) in [5.74, 6) is 0.124. The minimum Gasteiger partial charge on any atom is -0.374 e. The minimum atomic E-state index is -0.222. The Morgan fingerprint density at radius 3 is 2.25 bits per heavy atom. The average Bonchev–Trinajstić information content (AvgIpc) is 2.00. The molecular formula is C10H20O2. The highest BCUT2D eigenvalue weighted by Crippen LogP contribution is 2.27. The van der Waals surface area contributed by atoms with Crippen LogP contribution in [0.3, 0.4) is 0 Å². The molecule has 0 heterocycles. The van der Waals surface area contributed by atoms with E-state index in [9.17, 15) is 4.79 Å². The highest BCUT2D eigenvalue weighted by molar-refractivity contribution is 5.80. The van der Waals surface area contributed by atoms with Crippen LogP contribution in [0, 0.1) is 5.41 Å². The van der Waals surface area contributed by atoms with Crippen molar-refractivity contribution in [2.45, 2.75) is 46.6 Å². The van der Waals surface area contributed by atoms with E-state index in [0.717, 1.165) is 12.8 Å². The maximum absolute atomic E-state index is 11.0. The molecule has 2 heteroatoms. The zero-order valence-corrected chi connectivity index (χ0v) is 8.81. The second kappa shape index (κ2) is 4.61. The first-order chi connectivity index (χ1) is 5.43. The molecule has 0 saturated heterocycles. The molecule has 12 heavy (non-hydrogen) atoms. The van der Waals surface area contributed by atoms with E-state index in [4.69, 9.17) is 4.74 Å². The number of carbonyl (C=O) groups excluding carboxylic acids is 1. The van der Waals surface area contributed by atoms with Gasteiger partial charge in [0.25, 0.3) is 0 Å². The first-order valence-corrected chi connectivity index (χ1v) is 4.46. The fraction of sp³-hybridized carbons (Fsp3) is 0.900. The van der Waals surface area contributed by atoms with Crippen LogP contribution < -0.4 is 0 Å². The summed E-state index contributed by atoms with van der Waals surface area (Å²) >= 11 is 0. The van der Waals surface area contributed by atoms with E-state index in [2.05, 4.69) is 20.8 Å². The smallest absolute Gasteiger partial charge is 0.158 e. The Balaban J connectivity index is 4.11. The zero-order valence-electron chi connectivity index (χ0n) is 8.81. The van der Waals surface area contributed by atoms with E-state index in [1.807, 2.05) is 0 Å². The molecule has 0 N–H and O–H groups in total. The zero-order chi connectivity index (χ0) is 9.78. The van der Waals surface area contributed by atoms with E-state index >= 15 is 0 Å². The van der Waals surface area contributed by atoms with Crippen molar-refractivity contribution in [2.75, 3.05) is 7.11 Å². The van der Waals surface area contributed by atoms with Crippen LogP contribution in [-0.2, 0) is 9.53 Å². The van der Waals surface area contributed by atoms with Crippen LogP contribution in [0.15, 0.2) is 0 Å². The lowest BCUT2D eigenvalue weighted by atomic mass is 9.83. The van der Waals surface area contributed by atoms with Crippen LogP contribution in [-0.4, -0.2) is 19.0 Å². The van der Waals surface area contributed by atoms with Crippen LogP contribution in [0.25, 0.3) is 0 Å². The number of Topliss-reactive ketones (excluding diaryl/α,β-unsaturated/α-hetero) is 1. The number of hydrogen-bond acceptors (Lipinski definition) is 2. The lowest BCUT2D eigenvalue weighted by molar-refractivity contribution is -0.128. The van der Waals surface area contributed by atoms with Gasteiger partial charge in [0, 0.05) is 7.11 Å². The van der Waals surface area contributed by atoms with Gasteiger partial charge in [0.05, 0.1) is 0 Å². The molecule has 0 rings (SSSR count). The van der Waals surface area contributed by atoms with Crippen LogP contribution >= 0.6 is 0 Å². The van der Waals surface area contributed by atoms with Crippen molar-refractivity contribution in [3.05, 3.63) is 0 Å². The second-order valence-corrected chi connectivity index (χ2v) is 4.06. The number of ether oxygens (including phenoxy) is 1. The monoisotopic (exact) mass is 172 g/mol. The van der Waals surface area contributed by atoms with Gasteiger partial charge in [0.2, 0.25) is 0 Å². The molecule has 0 aliphatic rings. The quantitative estimate of drug-likeness (QED) is 0.636. The van der Waals surface area contributed by atoms with Crippen LogP contribution in [0.5, 0.6) is 0 Å². The minimum absolute atomic E-state index is 0.124. The number of methoxy groups -OCH3 is 1. The summed E-state index contributed by atoms with van der Waals surface area (Å²) in [6, 6.07) is 0. The molecule has 0 aromatic heterocycles. The molecule has 0 aromatic rings. The Bertz CT molecular complexity index is 150. The fourth-order valence-corrected chi connectivity index (χ4v) is 1.04. The predicted molar refractivity (Wildman–Crippen MR) is 50.2 cm³/mol. The van der Waals surface area contributed by atoms with E-state index < -0.39 is 0 Å². The summed E-state index contributed by atoms with van der Waals surface area (Å²) in [6.45, 7) is 8.02. The fourth-order valence-electron chi connectivity index (χ4n) is 1.04. The summed E-state index contributed by atoms with van der Waals surface area (Å²) < 4.78 is 5.10. The number of carbonyl (C=O) groups is 1. The Kier molecular flexibility index (Phi) is 4.46. The van der Waals surface area contributed by atoms with Crippen molar-refractivity contribution in [3.63, 3.8) is 0 Å². The van der Waals surface area contributed by atoms with E-state index in [1.165, 1.54) is 0 Å². The van der Waals surface area contributed by atoms with E-state index in [-0.39, 0.29) is 17.3 Å². The van der Waals surface area contributed by atoms with Crippen molar-refractivity contribution in [2.24, 2.45) is 5.41 Å². The standard InChI is InChI=1S/C10H20O2/c1-6-10(3,4)7-9(12-5)8(2)11/h9H,6-7H2,1-5H3. The van der Waals surface area contributed by atoms with Crippen LogP contribution in [0.2, 0.25) is 0 Å². The third-order valence-electron chi connectivity index (χ3n) is 2.43. The molecule has 0 radical (unpaired) electrons. The summed E-state index contributed by atoms with van der Waals surface area (Å²) in [6.07, 6.45) is 1.66. The number of ketones is 1. The third kappa shape index (κ3) is 3.86. The summed E-state index contributed by atoms with van der Waals surface area (Å²) in [5.41, 5.74) is 0.201. The molecule has 0 spiro atoms. The second-order valence-electron chi connectivity index (χ2n) is 4.06. The summed E-state index contributed by atoms with van der Waals surface area (Å²) in [5, 5.41) is 0. The Morgan fingerprint density at radius 1 is 1.50 bits per heavy atom. The maximum Gasteiger partial charge on any atom is 0.158 e. The lowest BCUT2D eigenvalue weighted by Crippen LogP contribution is -2.27. The molecule has 0 bridgehead atoms. The Morgan fingerprint density at radius 2 is 2.00 bits per heavy atom. The van der Waals surface area contributed by atoms with E-state index in [1.54, 1.807) is 14.0 Å². The topological polar surface area (TPSA) is 26.3 Å². The van der Waals surface area contributed by atoms with Crippen molar-refractivity contribution in [3.8, 4) is 0 Å². The summed E-state index contributed by atoms with van der Waals surface area (Å²) in [7, 11) is 1.60. The van der Waals surface area contributed by atoms with Gasteiger partial charge in [-0.1, -0.05) is 27.2 Å². The molecule has 2 nitrogen and oxygen atoms in total. The number of hydrogen-bond donors (Lipinski definition) is 0. The van der Waals surface area contributed by atoms with Gasteiger partial charge >= 0.3 is 0 Å². The van der Waals surface area contributed by atoms with Gasteiger partial charge in [-0.3, -0.25) is 4.79 Å². The van der Waals surface area contributed by atoms with Gasteiger partial charge in [-0.25, -0.2) is 0 Å². The van der Waals surface area contributed by atoms with Gasteiger partial charge in [0.1, 0.15) is 6.10 Å². The molecule has 0 aliphatic heterocycles. The van der Waals surface area contributed by atoms with Crippen LogP contribution in [0.1, 0.15) is 40.5 Å². The highest BCUT2D eigenvalue weighted by atomic mass is 16.5. The van der Waals surface area contributed by atoms with Gasteiger partial charge in [0.15, 0.2) is 5.78 Å². The molecule has 0 amide bonds. The van der Waals surface area contributed by atoms with Gasteiger partial charge in [-0.2, -0.15) is 0 Å². The van der Waals surface area contributed by atoms with Gasteiger partial charge < -0.3 is 4.74 Å². The van der Waals surface area contributed by atoms with Crippen molar-refractivity contribution in [1.29, 1.82) is 0 Å². The Labute approximate surface area is 75.3 Å². The molecule has 0 fully saturated rings. The molecule has 72 valence electrons. The predicted octanol–water partition coefficient (Wildman–Crippen LogP) is 2.42. The normalized spacial score (nSPS) is 14.4. The van der Waals surface area contributed by atoms with Crippen molar-refractivity contribution >= 4 is 5.78 Å². The Hall–Kier alpha value is -0.370. The summed E-state index contributed by atoms with van der Waals surface area (Å²) in [4.78, 5) is 11.0. The van der Waals surface area contributed by atoms with Crippen molar-refractivity contribution < 1.29 is 9.53 Å². The lowest BCUT2D eigenvalue weighted by Gasteiger charge is -2.26. The first kappa shape index (κ1) is 11.6. The first-order valence-electron chi connectivity index (χ1n) is 4.46. The average molecular weight is 172 g/mol. The molecule has 1 unspecified atom stereocenters. The molecule has 0 aromatic carbocycles. The van der Waals surface area contributed by atoms with Gasteiger partial charge in [-0.15, -0.1) is 0 Å². The van der Waals surface area contributed by atoms with Gasteiger partial charge in [-0.05, 0) is 18.8 Å². The molecule has 0 saturated carbocycles. The molecular weight excluding hydrogens is 152 g/mol. The van der Waals surface area contributed by atoms with Crippen LogP contribution in [0.4, 0.5) is 0 Å². The highest BCUT2D eigenvalue weighted by Gasteiger charge is 2.23. The SMILES string of the molecule is CCC(C)(C)CC(OC)C(C)=O. The molecule has 0 aliphatic carbocycles. The third-order valence-corrected chi connectivity index (χ3v) is 2.43. The number of rotatable bonds is 5. The maximum atomic E-state index is 11.0. The largest absolute Gasteiger partial charge is 0.374 e.